The highest BCUT2D eigenvalue weighted by molar-refractivity contribution is 9.11. The van der Waals surface area contributed by atoms with Gasteiger partial charge in [0.2, 0.25) is 0 Å². The number of halogens is 1. The molecule has 0 bridgehead atoms. The van der Waals surface area contributed by atoms with Crippen LogP contribution in [0.15, 0.2) is 34.1 Å². The molecule has 1 N–H and O–H groups in total. The first-order valence-electron chi connectivity index (χ1n) is 5.77. The van der Waals surface area contributed by atoms with E-state index in [1.54, 1.807) is 0 Å². The standard InChI is InChI=1S/C14H14BrNO2S/c1-9-3-5-10(6-4-9)8-16-11-7-12(15)19-13(11)14(17)18-2/h3-7,16H,8H2,1-2H3. The van der Waals surface area contributed by atoms with Gasteiger partial charge in [-0.2, -0.15) is 0 Å². The number of esters is 1. The van der Waals surface area contributed by atoms with Crippen molar-refractivity contribution < 1.29 is 9.53 Å². The molecule has 0 spiro atoms. The van der Waals surface area contributed by atoms with Crippen LogP contribution >= 0.6 is 27.3 Å². The van der Waals surface area contributed by atoms with Crippen molar-refractivity contribution in [1.82, 2.24) is 0 Å². The molecule has 3 nitrogen and oxygen atoms in total. The predicted octanol–water partition coefficient (Wildman–Crippen LogP) is 4.22. The summed E-state index contributed by atoms with van der Waals surface area (Å²) in [5, 5.41) is 3.26. The lowest BCUT2D eigenvalue weighted by atomic mass is 10.1. The highest BCUT2D eigenvalue weighted by Crippen LogP contribution is 2.32. The molecule has 2 rings (SSSR count). The highest BCUT2D eigenvalue weighted by atomic mass is 79.9. The third-order valence-corrected chi connectivity index (χ3v) is 4.29. The van der Waals surface area contributed by atoms with E-state index in [0.717, 1.165) is 9.47 Å². The summed E-state index contributed by atoms with van der Waals surface area (Å²) in [5.74, 6) is -0.317. The van der Waals surface area contributed by atoms with E-state index in [2.05, 4.69) is 52.4 Å². The average Bonchev–Trinajstić information content (AvgIpc) is 2.78. The van der Waals surface area contributed by atoms with Gasteiger partial charge in [0.25, 0.3) is 0 Å². The van der Waals surface area contributed by atoms with Crippen LogP contribution in [0.25, 0.3) is 0 Å². The predicted molar refractivity (Wildman–Crippen MR) is 81.9 cm³/mol. The van der Waals surface area contributed by atoms with Gasteiger partial charge in [-0.05, 0) is 34.5 Å². The van der Waals surface area contributed by atoms with E-state index in [1.165, 1.54) is 29.6 Å². The lowest BCUT2D eigenvalue weighted by molar-refractivity contribution is 0.0607. The van der Waals surface area contributed by atoms with E-state index in [-0.39, 0.29) is 5.97 Å². The Labute approximate surface area is 124 Å². The quantitative estimate of drug-likeness (QED) is 0.847. The molecule has 100 valence electrons. The summed E-state index contributed by atoms with van der Waals surface area (Å²) in [7, 11) is 1.39. The van der Waals surface area contributed by atoms with Gasteiger partial charge in [-0.3, -0.25) is 0 Å². The second-order valence-corrected chi connectivity index (χ2v) is 6.56. The molecule has 2 aromatic rings. The van der Waals surface area contributed by atoms with Gasteiger partial charge in [-0.25, -0.2) is 4.79 Å². The highest BCUT2D eigenvalue weighted by Gasteiger charge is 2.15. The normalized spacial score (nSPS) is 10.3. The van der Waals surface area contributed by atoms with Crippen LogP contribution in [0.5, 0.6) is 0 Å². The number of aryl methyl sites for hydroxylation is 1. The number of ether oxygens (including phenoxy) is 1. The molecule has 1 heterocycles. The monoisotopic (exact) mass is 339 g/mol. The smallest absolute Gasteiger partial charge is 0.350 e. The van der Waals surface area contributed by atoms with Crippen molar-refractivity contribution in [2.75, 3.05) is 12.4 Å². The lowest BCUT2D eigenvalue weighted by Crippen LogP contribution is -2.05. The van der Waals surface area contributed by atoms with E-state index >= 15 is 0 Å². The van der Waals surface area contributed by atoms with Crippen molar-refractivity contribution in [1.29, 1.82) is 0 Å². The summed E-state index contributed by atoms with van der Waals surface area (Å²) >= 11 is 4.75. The molecule has 5 heteroatoms. The molecule has 0 fully saturated rings. The van der Waals surface area contributed by atoms with Gasteiger partial charge in [-0.15, -0.1) is 11.3 Å². The molecular formula is C14H14BrNO2S. The average molecular weight is 340 g/mol. The summed E-state index contributed by atoms with van der Waals surface area (Å²) in [6, 6.07) is 10.2. The molecule has 19 heavy (non-hydrogen) atoms. The van der Waals surface area contributed by atoms with Crippen LogP contribution in [-0.4, -0.2) is 13.1 Å². The molecular weight excluding hydrogens is 326 g/mol. The van der Waals surface area contributed by atoms with Crippen LogP contribution in [0.1, 0.15) is 20.8 Å². The fourth-order valence-electron chi connectivity index (χ4n) is 1.64. The molecule has 0 radical (unpaired) electrons. The second kappa shape index (κ2) is 6.21. The third kappa shape index (κ3) is 3.58. The Morgan fingerprint density at radius 2 is 2.05 bits per heavy atom. The fraction of sp³-hybridized carbons (Fsp3) is 0.214. The molecule has 0 saturated carbocycles. The maximum atomic E-state index is 11.6. The number of carbonyl (C=O) groups excluding carboxylic acids is 1. The summed E-state index contributed by atoms with van der Waals surface area (Å²) in [6.07, 6.45) is 0. The summed E-state index contributed by atoms with van der Waals surface area (Å²) in [4.78, 5) is 12.2. The summed E-state index contributed by atoms with van der Waals surface area (Å²) in [5.41, 5.74) is 3.20. The molecule has 0 aliphatic rings. The zero-order valence-electron chi connectivity index (χ0n) is 10.7. The number of hydrogen-bond donors (Lipinski definition) is 1. The minimum Gasteiger partial charge on any atom is -0.465 e. The Morgan fingerprint density at radius 1 is 1.37 bits per heavy atom. The van der Waals surface area contributed by atoms with Crippen LogP contribution in [0, 0.1) is 6.92 Å². The van der Waals surface area contributed by atoms with Crippen molar-refractivity contribution >= 4 is 38.9 Å². The van der Waals surface area contributed by atoms with Crippen LogP contribution < -0.4 is 5.32 Å². The molecule has 0 saturated heterocycles. The number of nitrogens with one attached hydrogen (secondary N) is 1. The number of benzene rings is 1. The van der Waals surface area contributed by atoms with E-state index in [0.29, 0.717) is 11.4 Å². The first kappa shape index (κ1) is 14.1. The Kier molecular flexibility index (Phi) is 4.61. The van der Waals surface area contributed by atoms with Crippen molar-refractivity contribution in [3.63, 3.8) is 0 Å². The summed E-state index contributed by atoms with van der Waals surface area (Å²) < 4.78 is 5.67. The number of methoxy groups -OCH3 is 1. The molecule has 0 unspecified atom stereocenters. The SMILES string of the molecule is COC(=O)c1sc(Br)cc1NCc1ccc(C)cc1. The summed E-state index contributed by atoms with van der Waals surface area (Å²) in [6.45, 7) is 2.73. The molecule has 0 atom stereocenters. The number of carbonyl (C=O) groups is 1. The Morgan fingerprint density at radius 3 is 2.68 bits per heavy atom. The van der Waals surface area contributed by atoms with Gasteiger partial charge in [0.05, 0.1) is 16.6 Å². The Bertz CT molecular complexity index is 578. The van der Waals surface area contributed by atoms with Gasteiger partial charge in [0.1, 0.15) is 4.88 Å². The minimum absolute atomic E-state index is 0.317. The number of rotatable bonds is 4. The van der Waals surface area contributed by atoms with E-state index in [1.807, 2.05) is 6.07 Å². The van der Waals surface area contributed by atoms with Gasteiger partial charge < -0.3 is 10.1 Å². The molecule has 0 amide bonds. The second-order valence-electron chi connectivity index (χ2n) is 4.12. The van der Waals surface area contributed by atoms with Crippen LogP contribution in [0.4, 0.5) is 5.69 Å². The zero-order chi connectivity index (χ0) is 13.8. The molecule has 1 aromatic carbocycles. The van der Waals surface area contributed by atoms with Crippen molar-refractivity contribution in [3.05, 3.63) is 50.1 Å². The maximum absolute atomic E-state index is 11.6. The third-order valence-electron chi connectivity index (χ3n) is 2.68. The van der Waals surface area contributed by atoms with Crippen LogP contribution in [-0.2, 0) is 11.3 Å². The topological polar surface area (TPSA) is 38.3 Å². The van der Waals surface area contributed by atoms with Gasteiger partial charge in [0, 0.05) is 6.54 Å². The Balaban J connectivity index is 2.11. The van der Waals surface area contributed by atoms with Crippen LogP contribution in [0.3, 0.4) is 0 Å². The van der Waals surface area contributed by atoms with Crippen molar-refractivity contribution in [3.8, 4) is 0 Å². The van der Waals surface area contributed by atoms with E-state index in [4.69, 9.17) is 4.74 Å². The van der Waals surface area contributed by atoms with E-state index in [9.17, 15) is 4.79 Å². The van der Waals surface area contributed by atoms with Gasteiger partial charge in [-0.1, -0.05) is 29.8 Å². The molecule has 0 aliphatic carbocycles. The first-order chi connectivity index (χ1) is 9.10. The maximum Gasteiger partial charge on any atom is 0.350 e. The fourth-order valence-corrected chi connectivity index (χ4v) is 3.13. The Hall–Kier alpha value is -1.33. The number of anilines is 1. The van der Waals surface area contributed by atoms with Gasteiger partial charge >= 0.3 is 5.97 Å². The zero-order valence-corrected chi connectivity index (χ0v) is 13.1. The largest absolute Gasteiger partial charge is 0.465 e. The lowest BCUT2D eigenvalue weighted by Gasteiger charge is -2.07. The number of hydrogen-bond acceptors (Lipinski definition) is 4. The minimum atomic E-state index is -0.317. The molecule has 0 aliphatic heterocycles. The van der Waals surface area contributed by atoms with Crippen molar-refractivity contribution in [2.45, 2.75) is 13.5 Å². The molecule has 1 aromatic heterocycles. The van der Waals surface area contributed by atoms with Gasteiger partial charge in [0.15, 0.2) is 0 Å². The van der Waals surface area contributed by atoms with Crippen molar-refractivity contribution in [2.24, 2.45) is 0 Å². The van der Waals surface area contributed by atoms with E-state index < -0.39 is 0 Å². The number of thiophene rings is 1. The van der Waals surface area contributed by atoms with Crippen LogP contribution in [0.2, 0.25) is 0 Å². The first-order valence-corrected chi connectivity index (χ1v) is 7.38.